The number of fused-ring (bicyclic) bond motifs is 1. The van der Waals surface area contributed by atoms with Gasteiger partial charge in [-0.1, -0.05) is 0 Å². The Morgan fingerprint density at radius 2 is 2.09 bits per heavy atom. The molecule has 1 aliphatic heterocycles. The lowest BCUT2D eigenvalue weighted by Crippen LogP contribution is -2.40. The van der Waals surface area contributed by atoms with Gasteiger partial charge in [0.15, 0.2) is 0 Å². The van der Waals surface area contributed by atoms with Crippen LogP contribution in [0.4, 0.5) is 5.69 Å². The number of carboxylic acid groups (broad SMARTS) is 1. The zero-order valence-corrected chi connectivity index (χ0v) is 12.7. The Morgan fingerprint density at radius 1 is 1.35 bits per heavy atom. The third kappa shape index (κ3) is 2.57. The molecule has 0 amide bonds. The Morgan fingerprint density at radius 3 is 2.78 bits per heavy atom. The van der Waals surface area contributed by atoms with E-state index in [-0.39, 0.29) is 29.1 Å². The lowest BCUT2D eigenvalue weighted by atomic mass is 10.2. The predicted molar refractivity (Wildman–Crippen MR) is 81.4 cm³/mol. The number of carbonyl (C=O) groups is 1. The molecule has 1 saturated heterocycles. The molecule has 9 heteroatoms. The summed E-state index contributed by atoms with van der Waals surface area (Å²) in [5.74, 6) is -1.16. The van der Waals surface area contributed by atoms with Crippen molar-refractivity contribution in [3.63, 3.8) is 0 Å². The molecule has 0 spiro atoms. The summed E-state index contributed by atoms with van der Waals surface area (Å²) in [5, 5.41) is 9.52. The highest BCUT2D eigenvalue weighted by Gasteiger charge is 2.39. The molecule has 3 N–H and O–H groups in total. The SMILES string of the molecule is Nc1cc2cc(S(=O)(=O)N3CCC[C@H]3C(=O)O)ccc2oc1=O. The molecule has 2 heterocycles. The summed E-state index contributed by atoms with van der Waals surface area (Å²) in [6.45, 7) is 0.156. The van der Waals surface area contributed by atoms with Gasteiger partial charge in [-0.2, -0.15) is 4.31 Å². The van der Waals surface area contributed by atoms with Crippen LogP contribution in [0.1, 0.15) is 12.8 Å². The number of nitrogen functional groups attached to an aromatic ring is 1. The van der Waals surface area contributed by atoms with Gasteiger partial charge in [-0.25, -0.2) is 13.2 Å². The second kappa shape index (κ2) is 5.36. The molecule has 0 saturated carbocycles. The van der Waals surface area contributed by atoms with Gasteiger partial charge < -0.3 is 15.3 Å². The fourth-order valence-corrected chi connectivity index (χ4v) is 4.37. The number of aliphatic carboxylic acids is 1. The van der Waals surface area contributed by atoms with Crippen LogP contribution in [0.2, 0.25) is 0 Å². The number of nitrogens with two attached hydrogens (primary N) is 1. The van der Waals surface area contributed by atoms with E-state index in [1.165, 1.54) is 24.3 Å². The Kier molecular flexibility index (Phi) is 3.61. The molecule has 0 aliphatic carbocycles. The summed E-state index contributed by atoms with van der Waals surface area (Å²) in [7, 11) is -3.96. The molecule has 3 rings (SSSR count). The van der Waals surface area contributed by atoms with E-state index in [1.54, 1.807) is 0 Å². The summed E-state index contributed by atoms with van der Waals surface area (Å²) in [5.41, 5.74) is 4.87. The fraction of sp³-hybridized carbons (Fsp3) is 0.286. The number of hydrogen-bond acceptors (Lipinski definition) is 6. The third-order valence-electron chi connectivity index (χ3n) is 3.83. The minimum Gasteiger partial charge on any atom is -0.480 e. The molecule has 0 bridgehead atoms. The molecular formula is C14H14N2O6S. The smallest absolute Gasteiger partial charge is 0.359 e. The Labute approximate surface area is 131 Å². The van der Waals surface area contributed by atoms with Crippen LogP contribution in [0.3, 0.4) is 0 Å². The lowest BCUT2D eigenvalue weighted by molar-refractivity contribution is -0.140. The molecular weight excluding hydrogens is 324 g/mol. The Bertz CT molecular complexity index is 949. The van der Waals surface area contributed by atoms with E-state index in [4.69, 9.17) is 15.3 Å². The van der Waals surface area contributed by atoms with Crippen molar-refractivity contribution >= 4 is 32.6 Å². The Hall–Kier alpha value is -2.39. The van der Waals surface area contributed by atoms with Crippen molar-refractivity contribution in [2.45, 2.75) is 23.8 Å². The monoisotopic (exact) mass is 338 g/mol. The molecule has 1 aromatic heterocycles. The molecule has 8 nitrogen and oxygen atoms in total. The minimum absolute atomic E-state index is 0.0635. The lowest BCUT2D eigenvalue weighted by Gasteiger charge is -2.21. The van der Waals surface area contributed by atoms with Crippen molar-refractivity contribution in [3.8, 4) is 0 Å². The van der Waals surface area contributed by atoms with Crippen LogP contribution < -0.4 is 11.4 Å². The van der Waals surface area contributed by atoms with Crippen molar-refractivity contribution in [2.75, 3.05) is 12.3 Å². The van der Waals surface area contributed by atoms with E-state index in [9.17, 15) is 18.0 Å². The largest absolute Gasteiger partial charge is 0.480 e. The summed E-state index contributed by atoms with van der Waals surface area (Å²) >= 11 is 0. The predicted octanol–water partition coefficient (Wildman–Crippen LogP) is 0.613. The number of hydrogen-bond donors (Lipinski definition) is 2. The minimum atomic E-state index is -3.96. The first-order valence-electron chi connectivity index (χ1n) is 6.89. The van der Waals surface area contributed by atoms with E-state index in [0.29, 0.717) is 11.8 Å². The van der Waals surface area contributed by atoms with Gasteiger partial charge in [-0.15, -0.1) is 0 Å². The van der Waals surface area contributed by atoms with Crippen molar-refractivity contribution in [3.05, 3.63) is 34.7 Å². The number of nitrogens with zero attached hydrogens (tertiary/aromatic N) is 1. The van der Waals surface area contributed by atoms with Gasteiger partial charge in [0.25, 0.3) is 0 Å². The standard InChI is InChI=1S/C14H14N2O6S/c15-10-7-8-6-9(3-4-12(8)22-14(10)19)23(20,21)16-5-1-2-11(16)13(17)18/h3-4,6-7,11H,1-2,5,15H2,(H,17,18)/t11-/m0/s1. The molecule has 0 radical (unpaired) electrons. The van der Waals surface area contributed by atoms with Crippen LogP contribution in [0, 0.1) is 0 Å². The van der Waals surface area contributed by atoms with Crippen LogP contribution in [0.5, 0.6) is 0 Å². The maximum absolute atomic E-state index is 12.7. The van der Waals surface area contributed by atoms with E-state index in [1.807, 2.05) is 0 Å². The number of anilines is 1. The molecule has 23 heavy (non-hydrogen) atoms. The van der Waals surface area contributed by atoms with E-state index in [0.717, 1.165) is 4.31 Å². The van der Waals surface area contributed by atoms with Crippen molar-refractivity contribution in [1.29, 1.82) is 0 Å². The average molecular weight is 338 g/mol. The highest BCUT2D eigenvalue weighted by molar-refractivity contribution is 7.89. The average Bonchev–Trinajstić information content (AvgIpc) is 2.98. The van der Waals surface area contributed by atoms with Crippen LogP contribution in [-0.2, 0) is 14.8 Å². The molecule has 1 fully saturated rings. The maximum atomic E-state index is 12.7. The first kappa shape index (κ1) is 15.5. The topological polar surface area (TPSA) is 131 Å². The number of sulfonamides is 1. The fourth-order valence-electron chi connectivity index (χ4n) is 2.69. The molecule has 1 aromatic carbocycles. The highest BCUT2D eigenvalue weighted by Crippen LogP contribution is 2.28. The van der Waals surface area contributed by atoms with Crippen molar-refractivity contribution in [2.24, 2.45) is 0 Å². The summed E-state index contributed by atoms with van der Waals surface area (Å²) in [6, 6.07) is 4.23. The molecule has 122 valence electrons. The molecule has 1 atom stereocenters. The second-order valence-electron chi connectivity index (χ2n) is 5.30. The van der Waals surface area contributed by atoms with Crippen molar-refractivity contribution in [1.82, 2.24) is 4.31 Å². The normalized spacial score (nSPS) is 19.2. The number of carboxylic acids is 1. The number of benzene rings is 1. The van der Waals surface area contributed by atoms with Gasteiger partial charge in [0, 0.05) is 11.9 Å². The first-order valence-corrected chi connectivity index (χ1v) is 8.33. The quantitative estimate of drug-likeness (QED) is 0.784. The molecule has 1 aliphatic rings. The zero-order chi connectivity index (χ0) is 16.8. The van der Waals surface area contributed by atoms with Gasteiger partial charge in [0.1, 0.15) is 17.3 Å². The van der Waals surface area contributed by atoms with Crippen LogP contribution in [0.25, 0.3) is 11.0 Å². The Balaban J connectivity index is 2.10. The van der Waals surface area contributed by atoms with Crippen molar-refractivity contribution < 1.29 is 22.7 Å². The van der Waals surface area contributed by atoms with E-state index in [2.05, 4.69) is 0 Å². The maximum Gasteiger partial charge on any atom is 0.359 e. The van der Waals surface area contributed by atoms with Gasteiger partial charge in [0.2, 0.25) is 10.0 Å². The second-order valence-corrected chi connectivity index (χ2v) is 7.19. The summed E-state index contributed by atoms with van der Waals surface area (Å²) < 4.78 is 31.3. The zero-order valence-electron chi connectivity index (χ0n) is 11.9. The van der Waals surface area contributed by atoms with Gasteiger partial charge in [0.05, 0.1) is 4.90 Å². The molecule has 2 aromatic rings. The molecule has 0 unspecified atom stereocenters. The van der Waals surface area contributed by atoms with Gasteiger partial charge in [-0.05, 0) is 37.1 Å². The number of rotatable bonds is 3. The van der Waals surface area contributed by atoms with E-state index < -0.39 is 27.7 Å². The summed E-state index contributed by atoms with van der Waals surface area (Å²) in [4.78, 5) is 22.5. The van der Waals surface area contributed by atoms with Gasteiger partial charge >= 0.3 is 11.6 Å². The van der Waals surface area contributed by atoms with Crippen LogP contribution in [-0.4, -0.2) is 36.4 Å². The first-order chi connectivity index (χ1) is 10.8. The van der Waals surface area contributed by atoms with Crippen LogP contribution >= 0.6 is 0 Å². The summed E-state index contributed by atoms with van der Waals surface area (Å²) in [6.07, 6.45) is 0.773. The van der Waals surface area contributed by atoms with Gasteiger partial charge in [-0.3, -0.25) is 4.79 Å². The van der Waals surface area contributed by atoms with E-state index >= 15 is 0 Å². The highest BCUT2D eigenvalue weighted by atomic mass is 32.2. The van der Waals surface area contributed by atoms with Crippen LogP contribution in [0.15, 0.2) is 38.4 Å². The third-order valence-corrected chi connectivity index (χ3v) is 5.73.